The summed E-state index contributed by atoms with van der Waals surface area (Å²) in [5.74, 6) is -0.540. The highest BCUT2D eigenvalue weighted by Crippen LogP contribution is 2.70. The highest BCUT2D eigenvalue weighted by molar-refractivity contribution is 6.01. The number of Topliss-reactive ketones (excluding diaryl/α,β-unsaturated/α-hetero) is 1. The molecule has 0 radical (unpaired) electrons. The lowest BCUT2D eigenvalue weighted by atomic mass is 9.46. The number of hydrogen-bond donors (Lipinski definition) is 1. The monoisotopic (exact) mass is 601 g/mol. The predicted octanol–water partition coefficient (Wildman–Crippen LogP) is 5.16. The maximum atomic E-state index is 14.5. The van der Waals surface area contributed by atoms with Gasteiger partial charge in [-0.1, -0.05) is 50.8 Å². The Morgan fingerprint density at radius 2 is 2.00 bits per heavy atom. The average Bonchev–Trinajstić information content (AvgIpc) is 3.53. The van der Waals surface area contributed by atoms with Gasteiger partial charge in [0.2, 0.25) is 5.78 Å². The Bertz CT molecular complexity index is 1410. The number of pyridine rings is 1. The Morgan fingerprint density at radius 3 is 2.77 bits per heavy atom. The first-order valence-corrected chi connectivity index (χ1v) is 16.4. The van der Waals surface area contributed by atoms with Crippen molar-refractivity contribution in [3.8, 4) is 0 Å². The van der Waals surface area contributed by atoms with E-state index < -0.39 is 47.5 Å². The van der Waals surface area contributed by atoms with E-state index >= 15 is 0 Å². The first-order valence-electron chi connectivity index (χ1n) is 16.4. The van der Waals surface area contributed by atoms with Gasteiger partial charge in [-0.25, -0.2) is 4.79 Å². The third-order valence-electron chi connectivity index (χ3n) is 12.1. The quantitative estimate of drug-likeness (QED) is 0.352. The molecular formula is C36H43NO7. The summed E-state index contributed by atoms with van der Waals surface area (Å²) in [6.07, 6.45) is 18.0. The summed E-state index contributed by atoms with van der Waals surface area (Å²) in [6, 6.07) is 3.61. The number of fused-ring (bicyclic) bond motifs is 7. The fourth-order valence-corrected chi connectivity index (χ4v) is 10.1. The minimum atomic E-state index is -1.31. The van der Waals surface area contributed by atoms with Gasteiger partial charge in [-0.3, -0.25) is 14.6 Å². The molecule has 1 aromatic heterocycles. The van der Waals surface area contributed by atoms with Gasteiger partial charge in [0.05, 0.1) is 12.2 Å². The van der Waals surface area contributed by atoms with Crippen molar-refractivity contribution in [1.29, 1.82) is 0 Å². The van der Waals surface area contributed by atoms with Crippen LogP contribution in [0.3, 0.4) is 0 Å². The molecule has 0 bridgehead atoms. The Hall–Kier alpha value is -2.94. The largest absolute Gasteiger partial charge is 0.454 e. The third kappa shape index (κ3) is 4.59. The molecule has 8 nitrogen and oxygen atoms in total. The molecule has 1 N–H and O–H groups in total. The molecule has 5 aliphatic carbocycles. The fraction of sp³-hybridized carbons (Fsp3) is 0.611. The van der Waals surface area contributed by atoms with Crippen LogP contribution in [0.4, 0.5) is 0 Å². The zero-order valence-corrected chi connectivity index (χ0v) is 25.7. The maximum absolute atomic E-state index is 14.5. The smallest absolute Gasteiger partial charge is 0.331 e. The number of aromatic nitrogens is 1. The molecule has 2 heterocycles. The zero-order chi connectivity index (χ0) is 30.7. The number of aliphatic hydroxyl groups excluding tert-OH is 1. The molecule has 0 spiro atoms. The van der Waals surface area contributed by atoms with Crippen LogP contribution >= 0.6 is 0 Å². The molecule has 4 saturated carbocycles. The second-order valence-corrected chi connectivity index (χ2v) is 14.3. The van der Waals surface area contributed by atoms with Crippen molar-refractivity contribution in [2.24, 2.45) is 34.5 Å². The number of carbonyl (C=O) groups is 3. The summed E-state index contributed by atoms with van der Waals surface area (Å²) in [5.41, 5.74) is -0.578. The third-order valence-corrected chi connectivity index (χ3v) is 12.1. The van der Waals surface area contributed by atoms with E-state index in [0.29, 0.717) is 12.8 Å². The van der Waals surface area contributed by atoms with E-state index in [2.05, 4.69) is 18.8 Å². The minimum absolute atomic E-state index is 0.00592. The Morgan fingerprint density at radius 1 is 1.18 bits per heavy atom. The molecule has 1 saturated heterocycles. The molecule has 6 aliphatic rings. The predicted molar refractivity (Wildman–Crippen MR) is 162 cm³/mol. The van der Waals surface area contributed by atoms with Crippen LogP contribution in [0.15, 0.2) is 54.4 Å². The number of allylic oxidation sites excluding steroid dienone is 4. The second kappa shape index (κ2) is 11.1. The molecule has 8 heteroatoms. The molecule has 1 aromatic rings. The molecule has 234 valence electrons. The summed E-state index contributed by atoms with van der Waals surface area (Å²) in [4.78, 5) is 43.4. The normalized spacial score (nSPS) is 41.4. The van der Waals surface area contributed by atoms with Crippen LogP contribution in [0.5, 0.6) is 0 Å². The first kappa shape index (κ1) is 29.8. The molecule has 5 fully saturated rings. The highest BCUT2D eigenvalue weighted by atomic mass is 16.7. The molecule has 0 unspecified atom stereocenters. The van der Waals surface area contributed by atoms with Crippen molar-refractivity contribution >= 4 is 23.6 Å². The molecule has 44 heavy (non-hydrogen) atoms. The van der Waals surface area contributed by atoms with Crippen LogP contribution in [0.1, 0.15) is 77.2 Å². The molecule has 9 atom stereocenters. The van der Waals surface area contributed by atoms with Gasteiger partial charge in [-0.15, -0.1) is 0 Å². The van der Waals surface area contributed by atoms with Gasteiger partial charge in [0, 0.05) is 41.1 Å². The number of carbonyl (C=O) groups excluding carboxylic acids is 3. The number of aliphatic hydroxyl groups is 1. The SMILES string of the molecule is C[C@]12C=CC(=O)C=C1CC[C@@H]1[C@@H]2[C@@H](O)C[C@@]2(C)[C@H]1C[C@H]1O[C@@H](C3CCCCC3)O[C@]12C(=O)COC(=O)/C=C/c1cccnc1. The molecule has 0 amide bonds. The average molecular weight is 602 g/mol. The van der Waals surface area contributed by atoms with Gasteiger partial charge >= 0.3 is 5.97 Å². The lowest BCUT2D eigenvalue weighted by Gasteiger charge is -2.59. The zero-order valence-electron chi connectivity index (χ0n) is 25.7. The Labute approximate surface area is 258 Å². The van der Waals surface area contributed by atoms with Gasteiger partial charge in [0.25, 0.3) is 0 Å². The van der Waals surface area contributed by atoms with E-state index in [-0.39, 0.29) is 35.2 Å². The molecule has 1 aliphatic heterocycles. The lowest BCUT2D eigenvalue weighted by Crippen LogP contribution is -2.63. The van der Waals surface area contributed by atoms with E-state index in [4.69, 9.17) is 14.2 Å². The topological polar surface area (TPSA) is 112 Å². The van der Waals surface area contributed by atoms with Gasteiger partial charge < -0.3 is 19.3 Å². The number of esters is 1. The van der Waals surface area contributed by atoms with Crippen molar-refractivity contribution < 1.29 is 33.7 Å². The van der Waals surface area contributed by atoms with E-state index in [1.165, 1.54) is 12.5 Å². The Kier molecular flexibility index (Phi) is 7.54. The first-order chi connectivity index (χ1) is 21.2. The van der Waals surface area contributed by atoms with Crippen LogP contribution in [0.25, 0.3) is 6.08 Å². The summed E-state index contributed by atoms with van der Waals surface area (Å²) < 4.78 is 19.2. The number of ether oxygens (including phenoxy) is 3. The standard InChI is InChI=1S/C36H43NO7/c1-34-15-14-25(38)17-24(34)11-12-26-27-18-30-36(35(27,2)19-28(39)32(26)34,44-33(43-30)23-8-4-3-5-9-23)29(40)21-42-31(41)13-10-22-7-6-16-37-20-22/h6-7,10,13-17,20,23,26-28,30,32-33,39H,3-5,8-9,11-12,18-19,21H2,1-2H3/b13-10+/t26-,27-,28-,30+,32+,33+,34-,35-,36+/m0/s1. The number of rotatable bonds is 6. The van der Waals surface area contributed by atoms with Gasteiger partial charge in [-0.2, -0.15) is 0 Å². The van der Waals surface area contributed by atoms with Crippen molar-refractivity contribution in [1.82, 2.24) is 4.98 Å². The van der Waals surface area contributed by atoms with E-state index in [9.17, 15) is 19.5 Å². The van der Waals surface area contributed by atoms with E-state index in [1.54, 1.807) is 36.7 Å². The number of ketones is 2. The van der Waals surface area contributed by atoms with Crippen molar-refractivity contribution in [2.45, 2.75) is 95.7 Å². The lowest BCUT2D eigenvalue weighted by molar-refractivity contribution is -0.210. The summed E-state index contributed by atoms with van der Waals surface area (Å²) in [7, 11) is 0. The summed E-state index contributed by atoms with van der Waals surface area (Å²) in [5, 5.41) is 12.0. The van der Waals surface area contributed by atoms with Crippen molar-refractivity contribution in [2.75, 3.05) is 6.61 Å². The van der Waals surface area contributed by atoms with E-state index in [1.807, 2.05) is 12.1 Å². The van der Waals surface area contributed by atoms with Gasteiger partial charge in [0.15, 0.2) is 24.3 Å². The van der Waals surface area contributed by atoms with Crippen LogP contribution in [0.2, 0.25) is 0 Å². The molecule has 0 aromatic carbocycles. The van der Waals surface area contributed by atoms with Crippen LogP contribution < -0.4 is 0 Å². The van der Waals surface area contributed by atoms with E-state index in [0.717, 1.165) is 49.7 Å². The highest BCUT2D eigenvalue weighted by Gasteiger charge is 2.76. The number of hydrogen-bond acceptors (Lipinski definition) is 8. The minimum Gasteiger partial charge on any atom is -0.454 e. The van der Waals surface area contributed by atoms with Gasteiger partial charge in [0.1, 0.15) is 0 Å². The number of nitrogens with zero attached hydrogens (tertiary/aromatic N) is 1. The Balaban J connectivity index is 1.18. The fourth-order valence-electron chi connectivity index (χ4n) is 10.1. The molecular weight excluding hydrogens is 558 g/mol. The van der Waals surface area contributed by atoms with Crippen LogP contribution in [0, 0.1) is 34.5 Å². The van der Waals surface area contributed by atoms with Crippen LogP contribution in [-0.2, 0) is 28.6 Å². The summed E-state index contributed by atoms with van der Waals surface area (Å²) >= 11 is 0. The maximum Gasteiger partial charge on any atom is 0.331 e. The summed E-state index contributed by atoms with van der Waals surface area (Å²) in [6.45, 7) is 3.82. The second-order valence-electron chi connectivity index (χ2n) is 14.3. The van der Waals surface area contributed by atoms with Crippen molar-refractivity contribution in [3.63, 3.8) is 0 Å². The van der Waals surface area contributed by atoms with Crippen molar-refractivity contribution in [3.05, 3.63) is 60.0 Å². The molecule has 7 rings (SSSR count). The van der Waals surface area contributed by atoms with Gasteiger partial charge in [-0.05, 0) is 80.2 Å². The van der Waals surface area contributed by atoms with Crippen LogP contribution in [-0.4, -0.2) is 58.3 Å².